The molecule has 21 heavy (non-hydrogen) atoms. The van der Waals surface area contributed by atoms with Gasteiger partial charge in [0.2, 0.25) is 0 Å². The molecule has 0 spiro atoms. The van der Waals surface area contributed by atoms with Gasteiger partial charge in [0.25, 0.3) is 5.56 Å². The van der Waals surface area contributed by atoms with Gasteiger partial charge in [0.05, 0.1) is 5.56 Å². The van der Waals surface area contributed by atoms with Crippen molar-refractivity contribution in [2.75, 3.05) is 0 Å². The molecule has 4 nitrogen and oxygen atoms in total. The number of pyridine rings is 1. The Hall–Kier alpha value is -1.58. The number of hydrogen-bond donors (Lipinski definition) is 1. The van der Waals surface area contributed by atoms with Crippen LogP contribution in [0.4, 0.5) is 0 Å². The monoisotopic (exact) mass is 293 g/mol. The minimum Gasteiger partial charge on any atom is -0.478 e. The molecular weight excluding hydrogens is 266 g/mol. The molecule has 0 aliphatic heterocycles. The Kier molecular flexibility index (Phi) is 5.76. The smallest absolute Gasteiger partial charge is 0.337 e. The van der Waals surface area contributed by atoms with Crippen molar-refractivity contribution < 1.29 is 9.90 Å². The Labute approximate surface area is 126 Å². The van der Waals surface area contributed by atoms with Crippen molar-refractivity contribution in [2.24, 2.45) is 5.41 Å². The average molecular weight is 293 g/mol. The first-order chi connectivity index (χ1) is 9.69. The third kappa shape index (κ3) is 4.45. The Bertz CT molecular complexity index is 570. The second kappa shape index (κ2) is 6.92. The fourth-order valence-corrected chi connectivity index (χ4v) is 2.80. The van der Waals surface area contributed by atoms with Crippen molar-refractivity contribution in [3.8, 4) is 0 Å². The summed E-state index contributed by atoms with van der Waals surface area (Å²) in [6.45, 7) is 10.4. The van der Waals surface area contributed by atoms with E-state index in [1.165, 1.54) is 18.9 Å². The van der Waals surface area contributed by atoms with Crippen LogP contribution < -0.4 is 5.56 Å². The molecule has 1 aromatic heterocycles. The third-order valence-electron chi connectivity index (χ3n) is 4.02. The maximum Gasteiger partial charge on any atom is 0.337 e. The minimum atomic E-state index is -0.970. The first-order valence-corrected chi connectivity index (χ1v) is 7.64. The lowest BCUT2D eigenvalue weighted by atomic mass is 9.86. The summed E-state index contributed by atoms with van der Waals surface area (Å²) >= 11 is 0. The zero-order valence-corrected chi connectivity index (χ0v) is 13.8. The van der Waals surface area contributed by atoms with E-state index in [4.69, 9.17) is 0 Å². The SMILES string of the molecule is CCCCCC(C)(C)Cn1c(C)c(C(=O)O)c(C)cc1=O. The Balaban J connectivity index is 3.11. The van der Waals surface area contributed by atoms with Gasteiger partial charge in [0.15, 0.2) is 0 Å². The molecule has 0 fully saturated rings. The summed E-state index contributed by atoms with van der Waals surface area (Å²) in [5.74, 6) is -0.970. The van der Waals surface area contributed by atoms with Gasteiger partial charge >= 0.3 is 5.97 Å². The van der Waals surface area contributed by atoms with Crippen LogP contribution in [0.1, 0.15) is 68.1 Å². The molecule has 1 heterocycles. The van der Waals surface area contributed by atoms with Gasteiger partial charge < -0.3 is 9.67 Å². The topological polar surface area (TPSA) is 59.3 Å². The van der Waals surface area contributed by atoms with Crippen LogP contribution in [-0.2, 0) is 6.54 Å². The second-order valence-corrected chi connectivity index (χ2v) is 6.64. The lowest BCUT2D eigenvalue weighted by Gasteiger charge is -2.27. The van der Waals surface area contributed by atoms with Gasteiger partial charge in [-0.1, -0.05) is 40.0 Å². The fourth-order valence-electron chi connectivity index (χ4n) is 2.80. The normalized spacial score (nSPS) is 11.7. The summed E-state index contributed by atoms with van der Waals surface area (Å²) in [4.78, 5) is 23.6. The molecule has 0 aliphatic carbocycles. The van der Waals surface area contributed by atoms with Crippen LogP contribution in [0.15, 0.2) is 10.9 Å². The largest absolute Gasteiger partial charge is 0.478 e. The van der Waals surface area contributed by atoms with E-state index < -0.39 is 5.97 Å². The van der Waals surface area contributed by atoms with Crippen molar-refractivity contribution in [2.45, 2.75) is 66.8 Å². The quantitative estimate of drug-likeness (QED) is 0.778. The molecule has 0 unspecified atom stereocenters. The van der Waals surface area contributed by atoms with Crippen LogP contribution in [0.2, 0.25) is 0 Å². The van der Waals surface area contributed by atoms with Crippen LogP contribution in [0.3, 0.4) is 0 Å². The Morgan fingerprint density at radius 1 is 1.29 bits per heavy atom. The summed E-state index contributed by atoms with van der Waals surface area (Å²) in [5, 5.41) is 9.32. The molecule has 0 bridgehead atoms. The van der Waals surface area contributed by atoms with Gasteiger partial charge in [-0.15, -0.1) is 0 Å². The van der Waals surface area contributed by atoms with E-state index in [0.29, 0.717) is 17.8 Å². The van der Waals surface area contributed by atoms with E-state index in [1.807, 2.05) is 0 Å². The molecule has 0 aromatic carbocycles. The number of rotatable bonds is 7. The standard InChI is InChI=1S/C17H27NO3/c1-6-7-8-9-17(4,5)11-18-13(3)15(16(20)21)12(2)10-14(18)19/h10H,6-9,11H2,1-5H3,(H,20,21). The summed E-state index contributed by atoms with van der Waals surface area (Å²) < 4.78 is 1.61. The predicted octanol–water partition coefficient (Wildman–Crippen LogP) is 3.77. The summed E-state index contributed by atoms with van der Waals surface area (Å²) in [6.07, 6.45) is 4.52. The second-order valence-electron chi connectivity index (χ2n) is 6.64. The van der Waals surface area contributed by atoms with Crippen molar-refractivity contribution in [1.29, 1.82) is 0 Å². The molecular formula is C17H27NO3. The van der Waals surface area contributed by atoms with E-state index in [9.17, 15) is 14.7 Å². The maximum atomic E-state index is 12.2. The first kappa shape index (κ1) is 17.5. The number of carboxylic acid groups (broad SMARTS) is 1. The van der Waals surface area contributed by atoms with Crippen LogP contribution in [0, 0.1) is 19.3 Å². The van der Waals surface area contributed by atoms with E-state index in [0.717, 1.165) is 12.8 Å². The van der Waals surface area contributed by atoms with E-state index in [1.54, 1.807) is 18.4 Å². The highest BCUT2D eigenvalue weighted by Gasteiger charge is 2.22. The average Bonchev–Trinajstić information content (AvgIpc) is 2.34. The predicted molar refractivity (Wildman–Crippen MR) is 85.1 cm³/mol. The lowest BCUT2D eigenvalue weighted by molar-refractivity contribution is 0.0693. The third-order valence-corrected chi connectivity index (χ3v) is 4.02. The minimum absolute atomic E-state index is 0.0191. The molecule has 1 aromatic rings. The summed E-state index contributed by atoms with van der Waals surface area (Å²) in [7, 11) is 0. The highest BCUT2D eigenvalue weighted by atomic mass is 16.4. The van der Waals surface area contributed by atoms with Gasteiger partial charge in [-0.3, -0.25) is 4.79 Å². The zero-order valence-electron chi connectivity index (χ0n) is 13.8. The number of aromatic nitrogens is 1. The van der Waals surface area contributed by atoms with Gasteiger partial charge in [-0.2, -0.15) is 0 Å². The zero-order chi connectivity index (χ0) is 16.2. The van der Waals surface area contributed by atoms with Crippen molar-refractivity contribution in [3.05, 3.63) is 33.2 Å². The van der Waals surface area contributed by atoms with E-state index >= 15 is 0 Å². The molecule has 0 saturated carbocycles. The number of unbranched alkanes of at least 4 members (excludes halogenated alkanes) is 2. The van der Waals surface area contributed by atoms with Gasteiger partial charge in [0, 0.05) is 18.3 Å². The molecule has 4 heteroatoms. The van der Waals surface area contributed by atoms with Crippen LogP contribution in [0.25, 0.3) is 0 Å². The Morgan fingerprint density at radius 3 is 2.43 bits per heavy atom. The fraction of sp³-hybridized carbons (Fsp3) is 0.647. The molecule has 0 amide bonds. The van der Waals surface area contributed by atoms with E-state index in [-0.39, 0.29) is 16.5 Å². The number of hydrogen-bond acceptors (Lipinski definition) is 2. The molecule has 0 saturated heterocycles. The van der Waals surface area contributed by atoms with Gasteiger partial charge in [-0.05, 0) is 31.2 Å². The van der Waals surface area contributed by atoms with Crippen molar-refractivity contribution in [1.82, 2.24) is 4.57 Å². The van der Waals surface area contributed by atoms with Crippen molar-refractivity contribution in [3.63, 3.8) is 0 Å². The summed E-state index contributed by atoms with van der Waals surface area (Å²) in [6, 6.07) is 1.43. The molecule has 0 aliphatic rings. The molecule has 1 rings (SSSR count). The molecule has 118 valence electrons. The van der Waals surface area contributed by atoms with Crippen LogP contribution >= 0.6 is 0 Å². The number of aromatic carboxylic acids is 1. The lowest BCUT2D eigenvalue weighted by Crippen LogP contribution is -2.31. The van der Waals surface area contributed by atoms with Crippen LogP contribution in [0.5, 0.6) is 0 Å². The molecule has 0 atom stereocenters. The van der Waals surface area contributed by atoms with Gasteiger partial charge in [0.1, 0.15) is 0 Å². The summed E-state index contributed by atoms with van der Waals surface area (Å²) in [5.41, 5.74) is 1.20. The highest BCUT2D eigenvalue weighted by molar-refractivity contribution is 5.90. The van der Waals surface area contributed by atoms with E-state index in [2.05, 4.69) is 20.8 Å². The number of nitrogens with zero attached hydrogens (tertiary/aromatic N) is 1. The van der Waals surface area contributed by atoms with Crippen molar-refractivity contribution >= 4 is 5.97 Å². The van der Waals surface area contributed by atoms with Crippen LogP contribution in [-0.4, -0.2) is 15.6 Å². The van der Waals surface area contributed by atoms with Gasteiger partial charge in [-0.25, -0.2) is 4.79 Å². The molecule has 0 radical (unpaired) electrons. The number of carbonyl (C=O) groups is 1. The maximum absolute atomic E-state index is 12.2. The number of aryl methyl sites for hydroxylation is 1. The highest BCUT2D eigenvalue weighted by Crippen LogP contribution is 2.26. The molecule has 1 N–H and O–H groups in total. The Morgan fingerprint density at radius 2 is 1.90 bits per heavy atom. The number of carboxylic acids is 1. The first-order valence-electron chi connectivity index (χ1n) is 7.64.